The fourth-order valence-corrected chi connectivity index (χ4v) is 4.51. The van der Waals surface area contributed by atoms with Crippen LogP contribution in [0, 0.1) is 5.82 Å². The number of ether oxygens (including phenoxy) is 2. The Morgan fingerprint density at radius 1 is 0.939 bits per heavy atom. The van der Waals surface area contributed by atoms with E-state index in [4.69, 9.17) is 13.9 Å². The zero-order valence-corrected chi connectivity index (χ0v) is 19.2. The minimum Gasteiger partial charge on any atom is -0.493 e. The molecule has 0 aliphatic carbocycles. The molecule has 1 aliphatic rings. The maximum absolute atomic E-state index is 13.6. The molecule has 1 atom stereocenters. The van der Waals surface area contributed by atoms with E-state index in [9.17, 15) is 14.0 Å². The van der Waals surface area contributed by atoms with Crippen LogP contribution in [0.15, 0.2) is 74.3 Å². The third-order valence-corrected chi connectivity index (χ3v) is 6.15. The Balaban J connectivity index is 1.81. The summed E-state index contributed by atoms with van der Waals surface area (Å²) in [5.74, 6) is -0.0101. The largest absolute Gasteiger partial charge is 0.493 e. The molecule has 0 spiro atoms. The summed E-state index contributed by atoms with van der Waals surface area (Å²) in [5.41, 5.74) is 1.25. The highest BCUT2D eigenvalue weighted by Crippen LogP contribution is 2.43. The van der Waals surface area contributed by atoms with Gasteiger partial charge in [0, 0.05) is 10.2 Å². The van der Waals surface area contributed by atoms with Crippen LogP contribution in [-0.4, -0.2) is 20.1 Å². The number of nitrogens with zero attached hydrogens (tertiary/aromatic N) is 1. The third-order valence-electron chi connectivity index (χ3n) is 5.66. The summed E-state index contributed by atoms with van der Waals surface area (Å²) >= 11 is 3.39. The van der Waals surface area contributed by atoms with Gasteiger partial charge in [0.25, 0.3) is 5.91 Å². The van der Waals surface area contributed by atoms with Crippen LogP contribution in [-0.2, 0) is 0 Å². The standard InChI is InChI=1S/C25H17BrFNO5/c1-31-19-9-3-13(11-20(19)32-2)22-21-23(29)17-12-14(26)4-10-18(17)33-24(21)25(30)28(22)16-7-5-15(27)6-8-16/h3-12,22H,1-2H3. The summed E-state index contributed by atoms with van der Waals surface area (Å²) in [4.78, 5) is 28.6. The topological polar surface area (TPSA) is 69.0 Å². The zero-order valence-electron chi connectivity index (χ0n) is 17.6. The molecule has 1 aliphatic heterocycles. The van der Waals surface area contributed by atoms with Crippen LogP contribution in [0.4, 0.5) is 10.1 Å². The molecule has 33 heavy (non-hydrogen) atoms. The van der Waals surface area contributed by atoms with Gasteiger partial charge in [0.1, 0.15) is 11.4 Å². The van der Waals surface area contributed by atoms with Gasteiger partial charge < -0.3 is 13.9 Å². The molecule has 6 nitrogen and oxygen atoms in total. The number of carbonyl (C=O) groups is 1. The molecule has 0 fully saturated rings. The van der Waals surface area contributed by atoms with Crippen LogP contribution in [0.5, 0.6) is 11.5 Å². The van der Waals surface area contributed by atoms with Gasteiger partial charge in [-0.25, -0.2) is 4.39 Å². The first-order valence-corrected chi connectivity index (χ1v) is 10.8. The molecule has 2 heterocycles. The van der Waals surface area contributed by atoms with Gasteiger partial charge in [0.05, 0.1) is 31.2 Å². The van der Waals surface area contributed by atoms with E-state index in [1.807, 2.05) is 0 Å². The highest BCUT2D eigenvalue weighted by Gasteiger charge is 2.44. The van der Waals surface area contributed by atoms with Crippen molar-refractivity contribution in [3.63, 3.8) is 0 Å². The maximum Gasteiger partial charge on any atom is 0.295 e. The molecule has 0 saturated carbocycles. The van der Waals surface area contributed by atoms with Crippen LogP contribution < -0.4 is 19.8 Å². The van der Waals surface area contributed by atoms with Crippen LogP contribution in [0.3, 0.4) is 0 Å². The molecule has 0 saturated heterocycles. The molecule has 166 valence electrons. The van der Waals surface area contributed by atoms with Crippen molar-refractivity contribution < 1.29 is 23.1 Å². The van der Waals surface area contributed by atoms with Crippen molar-refractivity contribution in [2.75, 3.05) is 19.1 Å². The number of anilines is 1. The molecular formula is C25H17BrFNO5. The number of carbonyl (C=O) groups excluding carboxylic acids is 1. The number of benzene rings is 3. The summed E-state index contributed by atoms with van der Waals surface area (Å²) < 4.78 is 31.0. The van der Waals surface area contributed by atoms with E-state index >= 15 is 0 Å². The predicted molar refractivity (Wildman–Crippen MR) is 125 cm³/mol. The van der Waals surface area contributed by atoms with E-state index < -0.39 is 17.8 Å². The van der Waals surface area contributed by atoms with Crippen molar-refractivity contribution >= 4 is 38.5 Å². The average molecular weight is 510 g/mol. The summed E-state index contributed by atoms with van der Waals surface area (Å²) in [6.45, 7) is 0. The molecular weight excluding hydrogens is 493 g/mol. The highest BCUT2D eigenvalue weighted by molar-refractivity contribution is 9.10. The van der Waals surface area contributed by atoms with Crippen LogP contribution >= 0.6 is 15.9 Å². The number of hydrogen-bond acceptors (Lipinski definition) is 5. The molecule has 8 heteroatoms. The predicted octanol–water partition coefficient (Wildman–Crippen LogP) is 5.46. The first kappa shape index (κ1) is 21.2. The second kappa shape index (κ2) is 8.04. The zero-order chi connectivity index (χ0) is 23.3. The second-order valence-electron chi connectivity index (χ2n) is 7.48. The highest BCUT2D eigenvalue weighted by atomic mass is 79.9. The van der Waals surface area contributed by atoms with E-state index in [2.05, 4.69) is 15.9 Å². The third kappa shape index (κ3) is 3.38. The molecule has 0 radical (unpaired) electrons. The Morgan fingerprint density at radius 3 is 2.36 bits per heavy atom. The molecule has 1 amide bonds. The van der Waals surface area contributed by atoms with Gasteiger partial charge in [-0.15, -0.1) is 0 Å². The van der Waals surface area contributed by atoms with E-state index in [0.29, 0.717) is 38.2 Å². The summed E-state index contributed by atoms with van der Waals surface area (Å²) in [6, 6.07) is 14.9. The SMILES string of the molecule is COc1ccc(C2c3c(oc4ccc(Br)cc4c3=O)C(=O)N2c2ccc(F)cc2)cc1OC. The number of methoxy groups -OCH3 is 2. The van der Waals surface area contributed by atoms with Crippen molar-refractivity contribution in [2.45, 2.75) is 6.04 Å². The average Bonchev–Trinajstić information content (AvgIpc) is 3.12. The number of halogens is 2. The lowest BCUT2D eigenvalue weighted by Gasteiger charge is -2.25. The fraction of sp³-hybridized carbons (Fsp3) is 0.120. The second-order valence-corrected chi connectivity index (χ2v) is 8.40. The van der Waals surface area contributed by atoms with Crippen molar-refractivity contribution in [1.29, 1.82) is 0 Å². The molecule has 4 aromatic rings. The summed E-state index contributed by atoms with van der Waals surface area (Å²) in [6.07, 6.45) is 0. The van der Waals surface area contributed by atoms with Crippen molar-refractivity contribution in [1.82, 2.24) is 0 Å². The number of rotatable bonds is 4. The minimum atomic E-state index is -0.808. The van der Waals surface area contributed by atoms with Gasteiger partial charge in [0.2, 0.25) is 5.76 Å². The van der Waals surface area contributed by atoms with E-state index in [1.54, 1.807) is 36.4 Å². The quantitative estimate of drug-likeness (QED) is 0.365. The van der Waals surface area contributed by atoms with Gasteiger partial charge in [-0.2, -0.15) is 0 Å². The van der Waals surface area contributed by atoms with Gasteiger partial charge >= 0.3 is 0 Å². The van der Waals surface area contributed by atoms with E-state index in [0.717, 1.165) is 0 Å². The van der Waals surface area contributed by atoms with Gasteiger partial charge in [-0.1, -0.05) is 22.0 Å². The van der Waals surface area contributed by atoms with Gasteiger partial charge in [0.15, 0.2) is 16.9 Å². The lowest BCUT2D eigenvalue weighted by atomic mass is 9.97. The van der Waals surface area contributed by atoms with Crippen LogP contribution in [0.2, 0.25) is 0 Å². The Morgan fingerprint density at radius 2 is 1.67 bits per heavy atom. The number of hydrogen-bond donors (Lipinski definition) is 0. The molecule has 5 rings (SSSR count). The number of fused-ring (bicyclic) bond motifs is 2. The van der Waals surface area contributed by atoms with Crippen molar-refractivity contribution in [3.05, 3.63) is 98.1 Å². The molecule has 1 unspecified atom stereocenters. The minimum absolute atomic E-state index is 0.0427. The van der Waals surface area contributed by atoms with Crippen molar-refractivity contribution in [2.24, 2.45) is 0 Å². The monoisotopic (exact) mass is 509 g/mol. The van der Waals surface area contributed by atoms with E-state index in [-0.39, 0.29) is 16.8 Å². The number of amides is 1. The first-order valence-electron chi connectivity index (χ1n) is 10.00. The van der Waals surface area contributed by atoms with Gasteiger partial charge in [-0.3, -0.25) is 14.5 Å². The molecule has 0 bridgehead atoms. The van der Waals surface area contributed by atoms with Gasteiger partial charge in [-0.05, 0) is 60.2 Å². The lowest BCUT2D eigenvalue weighted by molar-refractivity contribution is 0.0971. The lowest BCUT2D eigenvalue weighted by Crippen LogP contribution is -2.29. The van der Waals surface area contributed by atoms with Crippen LogP contribution in [0.1, 0.15) is 27.7 Å². The molecule has 1 aromatic heterocycles. The Kier molecular flexibility index (Phi) is 5.17. The smallest absolute Gasteiger partial charge is 0.295 e. The normalized spacial score (nSPS) is 15.1. The molecule has 3 aromatic carbocycles. The Bertz CT molecular complexity index is 1460. The molecule has 0 N–H and O–H groups in total. The van der Waals surface area contributed by atoms with E-state index in [1.165, 1.54) is 43.4 Å². The van der Waals surface area contributed by atoms with Crippen LogP contribution in [0.25, 0.3) is 11.0 Å². The first-order chi connectivity index (χ1) is 15.9. The maximum atomic E-state index is 13.6. The Hall–Kier alpha value is -3.65. The summed E-state index contributed by atoms with van der Waals surface area (Å²) in [5, 5.41) is 0.349. The van der Waals surface area contributed by atoms with Crippen molar-refractivity contribution in [3.8, 4) is 11.5 Å². The summed E-state index contributed by atoms with van der Waals surface area (Å²) in [7, 11) is 3.03. The fourth-order valence-electron chi connectivity index (χ4n) is 4.15. The Labute approximate surface area is 196 Å².